The van der Waals surface area contributed by atoms with Crippen LogP contribution >= 0.6 is 0 Å². The zero-order chi connectivity index (χ0) is 9.84. The molecule has 0 aromatic heterocycles. The third kappa shape index (κ3) is 2.30. The molecule has 1 aromatic rings. The molecule has 0 radical (unpaired) electrons. The number of rotatable bonds is 2. The molecule has 0 aliphatic heterocycles. The van der Waals surface area contributed by atoms with E-state index < -0.39 is 0 Å². The van der Waals surface area contributed by atoms with Crippen LogP contribution in [0.4, 0.5) is 0 Å². The summed E-state index contributed by atoms with van der Waals surface area (Å²) in [7, 11) is 0. The summed E-state index contributed by atoms with van der Waals surface area (Å²) in [4.78, 5) is 0. The van der Waals surface area contributed by atoms with Gasteiger partial charge in [-0.1, -0.05) is 26.0 Å². The minimum absolute atomic E-state index is 0.0627. The van der Waals surface area contributed by atoms with Gasteiger partial charge in [0.1, 0.15) is 0 Å². The van der Waals surface area contributed by atoms with Crippen molar-refractivity contribution in [2.75, 3.05) is 0 Å². The summed E-state index contributed by atoms with van der Waals surface area (Å²) in [5, 5.41) is 8.60. The van der Waals surface area contributed by atoms with E-state index in [4.69, 9.17) is 11.0 Å². The van der Waals surface area contributed by atoms with Gasteiger partial charge in [-0.15, -0.1) is 0 Å². The summed E-state index contributed by atoms with van der Waals surface area (Å²) in [5.41, 5.74) is 7.72. The van der Waals surface area contributed by atoms with Crippen LogP contribution in [0.15, 0.2) is 24.3 Å². The Bertz CT molecular complexity index is 306. The maximum atomic E-state index is 8.60. The van der Waals surface area contributed by atoms with Crippen molar-refractivity contribution in [1.82, 2.24) is 0 Å². The lowest BCUT2D eigenvalue weighted by molar-refractivity contribution is 0.514. The predicted molar refractivity (Wildman–Crippen MR) is 52.9 cm³/mol. The number of benzene rings is 1. The van der Waals surface area contributed by atoms with E-state index in [1.807, 2.05) is 12.1 Å². The van der Waals surface area contributed by atoms with Crippen molar-refractivity contribution in [2.24, 2.45) is 11.7 Å². The summed E-state index contributed by atoms with van der Waals surface area (Å²) in [5.74, 6) is 0.424. The second-order valence-corrected chi connectivity index (χ2v) is 3.50. The fourth-order valence-corrected chi connectivity index (χ4v) is 1.16. The van der Waals surface area contributed by atoms with E-state index in [0.717, 1.165) is 5.56 Å². The lowest BCUT2D eigenvalue weighted by Crippen LogP contribution is -2.16. The fraction of sp³-hybridized carbons (Fsp3) is 0.364. The molecule has 1 atom stereocenters. The largest absolute Gasteiger partial charge is 0.324 e. The molecule has 0 heterocycles. The van der Waals surface area contributed by atoms with Gasteiger partial charge in [-0.3, -0.25) is 0 Å². The van der Waals surface area contributed by atoms with Crippen LogP contribution in [0.5, 0.6) is 0 Å². The molecule has 2 heteroatoms. The number of nitrogens with two attached hydrogens (primary N) is 1. The highest BCUT2D eigenvalue weighted by Crippen LogP contribution is 2.18. The van der Waals surface area contributed by atoms with Crippen LogP contribution in [0, 0.1) is 17.2 Å². The first-order chi connectivity index (χ1) is 6.15. The second-order valence-electron chi connectivity index (χ2n) is 3.50. The molecule has 13 heavy (non-hydrogen) atoms. The number of nitriles is 1. The van der Waals surface area contributed by atoms with Crippen LogP contribution in [0.25, 0.3) is 0 Å². The molecule has 0 unspecified atom stereocenters. The molecule has 0 aliphatic carbocycles. The summed E-state index contributed by atoms with van der Waals surface area (Å²) >= 11 is 0. The Kier molecular flexibility index (Phi) is 3.05. The first-order valence-corrected chi connectivity index (χ1v) is 4.41. The Hall–Kier alpha value is -1.33. The monoisotopic (exact) mass is 174 g/mol. The van der Waals surface area contributed by atoms with E-state index in [9.17, 15) is 0 Å². The van der Waals surface area contributed by atoms with Crippen molar-refractivity contribution in [1.29, 1.82) is 5.26 Å². The number of hydrogen-bond acceptors (Lipinski definition) is 2. The second kappa shape index (κ2) is 4.06. The van der Waals surface area contributed by atoms with E-state index in [1.165, 1.54) is 0 Å². The Morgan fingerprint density at radius 1 is 1.23 bits per heavy atom. The molecule has 0 fully saturated rings. The van der Waals surface area contributed by atoms with E-state index >= 15 is 0 Å². The minimum atomic E-state index is 0.0627. The van der Waals surface area contributed by atoms with Crippen molar-refractivity contribution < 1.29 is 0 Å². The molecule has 2 N–H and O–H groups in total. The highest BCUT2D eigenvalue weighted by molar-refractivity contribution is 5.32. The molecule has 0 saturated carbocycles. The van der Waals surface area contributed by atoms with Crippen LogP contribution in [0.1, 0.15) is 31.0 Å². The maximum Gasteiger partial charge on any atom is 0.0991 e. The molecule has 0 saturated heterocycles. The van der Waals surface area contributed by atoms with Crippen molar-refractivity contribution in [3.63, 3.8) is 0 Å². The van der Waals surface area contributed by atoms with Crippen molar-refractivity contribution in [3.8, 4) is 6.07 Å². The Balaban J connectivity index is 2.87. The average Bonchev–Trinajstić information content (AvgIpc) is 2.17. The SMILES string of the molecule is CC(C)[C@H](N)c1ccc(C#N)cc1. The summed E-state index contributed by atoms with van der Waals surface area (Å²) in [6.07, 6.45) is 0. The highest BCUT2D eigenvalue weighted by Gasteiger charge is 2.09. The summed E-state index contributed by atoms with van der Waals surface area (Å²) in [6, 6.07) is 9.59. The Morgan fingerprint density at radius 2 is 1.77 bits per heavy atom. The lowest BCUT2D eigenvalue weighted by atomic mass is 9.96. The predicted octanol–water partition coefficient (Wildman–Crippen LogP) is 2.21. The molecular weight excluding hydrogens is 160 g/mol. The van der Waals surface area contributed by atoms with Crippen LogP contribution < -0.4 is 5.73 Å². The van der Waals surface area contributed by atoms with Crippen LogP contribution in [0.3, 0.4) is 0 Å². The van der Waals surface area contributed by atoms with Crippen LogP contribution in [-0.4, -0.2) is 0 Å². The molecule has 1 aromatic carbocycles. The summed E-state index contributed by atoms with van der Waals surface area (Å²) in [6.45, 7) is 4.17. The van der Waals surface area contributed by atoms with Gasteiger partial charge in [0.2, 0.25) is 0 Å². The Labute approximate surface area is 79.0 Å². The van der Waals surface area contributed by atoms with Crippen molar-refractivity contribution >= 4 is 0 Å². The zero-order valence-corrected chi connectivity index (χ0v) is 7.99. The molecule has 0 bridgehead atoms. The third-order valence-corrected chi connectivity index (χ3v) is 2.14. The molecule has 68 valence electrons. The maximum absolute atomic E-state index is 8.60. The van der Waals surface area contributed by atoms with Gasteiger partial charge in [0.25, 0.3) is 0 Å². The van der Waals surface area contributed by atoms with Crippen LogP contribution in [0.2, 0.25) is 0 Å². The third-order valence-electron chi connectivity index (χ3n) is 2.14. The molecule has 0 aliphatic rings. The van der Waals surface area contributed by atoms with Gasteiger partial charge in [0.15, 0.2) is 0 Å². The zero-order valence-electron chi connectivity index (χ0n) is 7.99. The van der Waals surface area contributed by atoms with E-state index in [2.05, 4.69) is 19.9 Å². The smallest absolute Gasteiger partial charge is 0.0991 e. The van der Waals surface area contributed by atoms with Gasteiger partial charge < -0.3 is 5.73 Å². The molecular formula is C11H14N2. The van der Waals surface area contributed by atoms with Crippen molar-refractivity contribution in [2.45, 2.75) is 19.9 Å². The van der Waals surface area contributed by atoms with E-state index in [-0.39, 0.29) is 6.04 Å². The van der Waals surface area contributed by atoms with E-state index in [1.54, 1.807) is 12.1 Å². The van der Waals surface area contributed by atoms with Crippen molar-refractivity contribution in [3.05, 3.63) is 35.4 Å². The Morgan fingerprint density at radius 3 is 2.15 bits per heavy atom. The highest BCUT2D eigenvalue weighted by atomic mass is 14.6. The molecule has 2 nitrogen and oxygen atoms in total. The fourth-order valence-electron chi connectivity index (χ4n) is 1.16. The first kappa shape index (κ1) is 9.76. The molecule has 0 spiro atoms. The van der Waals surface area contributed by atoms with Gasteiger partial charge in [-0.05, 0) is 23.6 Å². The average molecular weight is 174 g/mol. The number of nitrogens with zero attached hydrogens (tertiary/aromatic N) is 1. The minimum Gasteiger partial charge on any atom is -0.324 e. The number of hydrogen-bond donors (Lipinski definition) is 1. The standard InChI is InChI=1S/C11H14N2/c1-8(2)11(13)10-5-3-9(7-12)4-6-10/h3-6,8,11H,13H2,1-2H3/t11-/m0/s1. The van der Waals surface area contributed by atoms with Crippen LogP contribution in [-0.2, 0) is 0 Å². The normalized spacial score (nSPS) is 12.5. The first-order valence-electron chi connectivity index (χ1n) is 4.41. The van der Waals surface area contributed by atoms with Gasteiger partial charge >= 0.3 is 0 Å². The van der Waals surface area contributed by atoms with Gasteiger partial charge in [0.05, 0.1) is 11.6 Å². The quantitative estimate of drug-likeness (QED) is 0.747. The lowest BCUT2D eigenvalue weighted by Gasteiger charge is -2.15. The van der Waals surface area contributed by atoms with Gasteiger partial charge in [-0.25, -0.2) is 0 Å². The van der Waals surface area contributed by atoms with Gasteiger partial charge in [0, 0.05) is 6.04 Å². The van der Waals surface area contributed by atoms with Gasteiger partial charge in [-0.2, -0.15) is 5.26 Å². The molecule has 0 amide bonds. The topological polar surface area (TPSA) is 49.8 Å². The summed E-state index contributed by atoms with van der Waals surface area (Å²) < 4.78 is 0. The molecule has 1 rings (SSSR count). The van der Waals surface area contributed by atoms with E-state index in [0.29, 0.717) is 11.5 Å².